The highest BCUT2D eigenvalue weighted by molar-refractivity contribution is 6.00. The Hall–Kier alpha value is -2.86. The largest absolute Gasteiger partial charge is 0.490 e. The van der Waals surface area contributed by atoms with Crippen molar-refractivity contribution in [2.24, 2.45) is 0 Å². The Morgan fingerprint density at radius 2 is 1.94 bits per heavy atom. The highest BCUT2D eigenvalue weighted by Gasteiger charge is 2.30. The number of likely N-dealkylation sites (tertiary alicyclic amines) is 1. The smallest absolute Gasteiger partial charge is 0.270 e. The minimum atomic E-state index is 0.101. The number of hydrogen-bond donors (Lipinski definition) is 0. The number of hydrogen-bond acceptors (Lipinski definition) is 4. The maximum Gasteiger partial charge on any atom is 0.270 e. The highest BCUT2D eigenvalue weighted by Crippen LogP contribution is 2.32. The van der Waals surface area contributed by atoms with E-state index in [1.807, 2.05) is 29.2 Å². The SMILES string of the molecule is CC(C)N1CCC(Oc2ccc3c(c2)cc2n3C(C)CN(CCc3ccccn3)C2=O)CC1. The van der Waals surface area contributed by atoms with Crippen LogP contribution in [0.4, 0.5) is 0 Å². The summed E-state index contributed by atoms with van der Waals surface area (Å²) in [6.45, 7) is 10.3. The quantitative estimate of drug-likeness (QED) is 0.558. The van der Waals surface area contributed by atoms with Gasteiger partial charge in [0.2, 0.25) is 0 Å². The van der Waals surface area contributed by atoms with Crippen molar-refractivity contribution in [2.75, 3.05) is 26.2 Å². The van der Waals surface area contributed by atoms with Crippen LogP contribution >= 0.6 is 0 Å². The molecule has 1 saturated heterocycles. The first-order valence-corrected chi connectivity index (χ1v) is 12.2. The molecule has 0 radical (unpaired) electrons. The third-order valence-electron chi connectivity index (χ3n) is 7.12. The third kappa shape index (κ3) is 4.49. The van der Waals surface area contributed by atoms with E-state index in [0.29, 0.717) is 12.6 Å². The van der Waals surface area contributed by atoms with Gasteiger partial charge in [-0.25, -0.2) is 0 Å². The second-order valence-electron chi connectivity index (χ2n) is 9.74. The van der Waals surface area contributed by atoms with E-state index in [-0.39, 0.29) is 18.1 Å². The van der Waals surface area contributed by atoms with Crippen molar-refractivity contribution in [3.05, 3.63) is 60.0 Å². The molecule has 4 heterocycles. The number of aromatic nitrogens is 2. The van der Waals surface area contributed by atoms with Gasteiger partial charge in [-0.05, 0) is 70.0 Å². The van der Waals surface area contributed by atoms with E-state index < -0.39 is 0 Å². The Bertz CT molecular complexity index is 1120. The lowest BCUT2D eigenvalue weighted by Gasteiger charge is -2.34. The van der Waals surface area contributed by atoms with Crippen LogP contribution in [0.15, 0.2) is 48.7 Å². The van der Waals surface area contributed by atoms with Crippen molar-refractivity contribution in [2.45, 2.75) is 58.2 Å². The molecule has 5 rings (SSSR count). The molecule has 6 nitrogen and oxygen atoms in total. The summed E-state index contributed by atoms with van der Waals surface area (Å²) in [7, 11) is 0. The van der Waals surface area contributed by atoms with Crippen LogP contribution in [0.2, 0.25) is 0 Å². The van der Waals surface area contributed by atoms with Gasteiger partial charge in [-0.3, -0.25) is 9.78 Å². The zero-order valence-electron chi connectivity index (χ0n) is 19.9. The van der Waals surface area contributed by atoms with E-state index >= 15 is 0 Å². The normalized spacial score (nSPS) is 19.9. The maximum absolute atomic E-state index is 13.3. The Morgan fingerprint density at radius 3 is 2.67 bits per heavy atom. The van der Waals surface area contributed by atoms with Gasteiger partial charge in [-0.15, -0.1) is 0 Å². The molecule has 174 valence electrons. The fourth-order valence-corrected chi connectivity index (χ4v) is 5.26. The molecule has 1 amide bonds. The number of carbonyl (C=O) groups is 1. The van der Waals surface area contributed by atoms with E-state index in [9.17, 15) is 4.79 Å². The van der Waals surface area contributed by atoms with E-state index in [1.54, 1.807) is 6.20 Å². The summed E-state index contributed by atoms with van der Waals surface area (Å²) in [6, 6.07) is 15.1. The van der Waals surface area contributed by atoms with Crippen molar-refractivity contribution in [1.82, 2.24) is 19.4 Å². The van der Waals surface area contributed by atoms with Gasteiger partial charge >= 0.3 is 0 Å². The van der Waals surface area contributed by atoms with Crippen LogP contribution in [0.1, 0.15) is 55.8 Å². The van der Waals surface area contributed by atoms with Crippen LogP contribution < -0.4 is 4.74 Å². The zero-order chi connectivity index (χ0) is 22.9. The van der Waals surface area contributed by atoms with Gasteiger partial charge in [0.25, 0.3) is 5.91 Å². The molecular formula is C27H34N4O2. The fraction of sp³-hybridized carbons (Fsp3) is 0.481. The lowest BCUT2D eigenvalue weighted by molar-refractivity contribution is 0.0681. The van der Waals surface area contributed by atoms with Gasteiger partial charge in [-0.1, -0.05) is 6.07 Å². The van der Waals surface area contributed by atoms with Gasteiger partial charge in [0, 0.05) is 67.5 Å². The minimum Gasteiger partial charge on any atom is -0.490 e. The first kappa shape index (κ1) is 22.0. The van der Waals surface area contributed by atoms with Crippen LogP contribution in [0, 0.1) is 0 Å². The lowest BCUT2D eigenvalue weighted by Crippen LogP contribution is -2.42. The second kappa shape index (κ2) is 9.18. The number of rotatable bonds is 6. The summed E-state index contributed by atoms with van der Waals surface area (Å²) in [5, 5.41) is 1.08. The monoisotopic (exact) mass is 446 g/mol. The summed E-state index contributed by atoms with van der Waals surface area (Å²) >= 11 is 0. The molecule has 0 bridgehead atoms. The topological polar surface area (TPSA) is 50.6 Å². The molecule has 0 aliphatic carbocycles. The van der Waals surface area contributed by atoms with Crippen LogP contribution in [0.25, 0.3) is 10.9 Å². The van der Waals surface area contributed by atoms with Crippen molar-refractivity contribution in [3.63, 3.8) is 0 Å². The van der Waals surface area contributed by atoms with E-state index in [4.69, 9.17) is 4.74 Å². The Kier molecular flexibility index (Phi) is 6.11. The fourth-order valence-electron chi connectivity index (χ4n) is 5.26. The van der Waals surface area contributed by atoms with Crippen molar-refractivity contribution < 1.29 is 9.53 Å². The standard InChI is InChI=1S/C27H34N4O2/c1-19(2)29-14-10-23(11-15-29)33-24-7-8-25-21(16-24)17-26-27(32)30(18-20(3)31(25)26)13-9-22-6-4-5-12-28-22/h4-8,12,16-17,19-20,23H,9-11,13-15,18H2,1-3H3. The van der Waals surface area contributed by atoms with Gasteiger partial charge in [0.1, 0.15) is 17.5 Å². The van der Waals surface area contributed by atoms with Gasteiger partial charge in [0.05, 0.1) is 0 Å². The predicted molar refractivity (Wildman–Crippen MR) is 131 cm³/mol. The van der Waals surface area contributed by atoms with Crippen molar-refractivity contribution in [1.29, 1.82) is 0 Å². The Morgan fingerprint density at radius 1 is 1.12 bits per heavy atom. The van der Waals surface area contributed by atoms with Crippen LogP contribution in [0.5, 0.6) is 5.75 Å². The molecule has 1 unspecified atom stereocenters. The number of nitrogens with zero attached hydrogens (tertiary/aromatic N) is 4. The van der Waals surface area contributed by atoms with E-state index in [1.165, 1.54) is 0 Å². The molecule has 0 spiro atoms. The minimum absolute atomic E-state index is 0.101. The van der Waals surface area contributed by atoms with Crippen molar-refractivity contribution >= 4 is 16.8 Å². The molecule has 0 N–H and O–H groups in total. The summed E-state index contributed by atoms with van der Waals surface area (Å²) < 4.78 is 8.54. The predicted octanol–water partition coefficient (Wildman–Crippen LogP) is 4.55. The number of piperidine rings is 1. The third-order valence-corrected chi connectivity index (χ3v) is 7.12. The molecule has 2 aromatic heterocycles. The summed E-state index contributed by atoms with van der Waals surface area (Å²) in [6.07, 6.45) is 4.96. The molecule has 1 atom stereocenters. The average molecular weight is 447 g/mol. The molecule has 3 aromatic rings. The van der Waals surface area contributed by atoms with Crippen molar-refractivity contribution in [3.8, 4) is 5.75 Å². The zero-order valence-corrected chi connectivity index (χ0v) is 19.9. The van der Waals surface area contributed by atoms with Crippen LogP contribution in [-0.4, -0.2) is 63.6 Å². The Balaban J connectivity index is 1.31. The molecule has 1 aromatic carbocycles. The first-order valence-electron chi connectivity index (χ1n) is 12.2. The number of benzene rings is 1. The maximum atomic E-state index is 13.3. The summed E-state index contributed by atoms with van der Waals surface area (Å²) in [4.78, 5) is 22.2. The number of fused-ring (bicyclic) bond motifs is 3. The van der Waals surface area contributed by atoms with Gasteiger partial charge < -0.3 is 19.1 Å². The van der Waals surface area contributed by atoms with Crippen LogP contribution in [-0.2, 0) is 6.42 Å². The average Bonchev–Trinajstić information content (AvgIpc) is 3.21. The molecule has 6 heteroatoms. The van der Waals surface area contributed by atoms with E-state index in [2.05, 4.69) is 53.4 Å². The van der Waals surface area contributed by atoms with Gasteiger partial charge in [0.15, 0.2) is 0 Å². The number of amides is 1. The number of ether oxygens (including phenoxy) is 1. The number of pyridine rings is 1. The summed E-state index contributed by atoms with van der Waals surface area (Å²) in [5.41, 5.74) is 2.90. The molecule has 0 saturated carbocycles. The van der Waals surface area contributed by atoms with Gasteiger partial charge in [-0.2, -0.15) is 0 Å². The molecule has 33 heavy (non-hydrogen) atoms. The van der Waals surface area contributed by atoms with E-state index in [0.717, 1.165) is 66.9 Å². The lowest BCUT2D eigenvalue weighted by atomic mass is 10.1. The second-order valence-corrected chi connectivity index (χ2v) is 9.74. The molecule has 1 fully saturated rings. The number of carbonyl (C=O) groups excluding carboxylic acids is 1. The first-order chi connectivity index (χ1) is 16.0. The van der Waals surface area contributed by atoms with Crippen LogP contribution in [0.3, 0.4) is 0 Å². The highest BCUT2D eigenvalue weighted by atomic mass is 16.5. The molecule has 2 aliphatic rings. The molecule has 2 aliphatic heterocycles. The molecular weight excluding hydrogens is 412 g/mol. The summed E-state index contributed by atoms with van der Waals surface area (Å²) in [5.74, 6) is 1.00. The Labute approximate surface area is 196 Å².